The van der Waals surface area contributed by atoms with Crippen LogP contribution in [0.2, 0.25) is 0 Å². The van der Waals surface area contributed by atoms with E-state index in [1.54, 1.807) is 23.1 Å². The Labute approximate surface area is 156 Å². The molecule has 0 saturated heterocycles. The highest BCUT2D eigenvalue weighted by molar-refractivity contribution is 8.03. The van der Waals surface area contributed by atoms with Gasteiger partial charge in [-0.2, -0.15) is 0 Å². The highest BCUT2D eigenvalue weighted by Crippen LogP contribution is 2.32. The van der Waals surface area contributed by atoms with E-state index in [1.165, 1.54) is 17.3 Å². The molecule has 0 fully saturated rings. The molecule has 0 aliphatic rings. The van der Waals surface area contributed by atoms with Crippen LogP contribution >= 0.6 is 34.9 Å². The Morgan fingerprint density at radius 3 is 2.46 bits per heavy atom. The molecule has 1 N–H and O–H groups in total. The summed E-state index contributed by atoms with van der Waals surface area (Å²) < 4.78 is 1.80. The molecule has 0 aliphatic heterocycles. The van der Waals surface area contributed by atoms with Crippen molar-refractivity contribution in [3.8, 4) is 0 Å². The summed E-state index contributed by atoms with van der Waals surface area (Å²) in [5.74, 6) is 1.64. The number of aromatic nitrogens is 2. The van der Waals surface area contributed by atoms with Crippen LogP contribution in [0.1, 0.15) is 33.3 Å². The largest absolute Gasteiger partial charge is 0.325 e. The van der Waals surface area contributed by atoms with E-state index in [-0.39, 0.29) is 11.2 Å². The molecule has 2 rings (SSSR count). The zero-order valence-corrected chi connectivity index (χ0v) is 16.9. The summed E-state index contributed by atoms with van der Waals surface area (Å²) in [4.78, 5) is 12.3. The van der Waals surface area contributed by atoms with Crippen LogP contribution in [0.15, 0.2) is 32.9 Å². The van der Waals surface area contributed by atoms with Gasteiger partial charge in [0.25, 0.3) is 0 Å². The monoisotopic (exact) mass is 381 g/mol. The number of thioether (sulfide) groups is 2. The standard InChI is InChI=1S/C17H23N3OS3/c1-5-13-6-8-14(9-7-13)18-15(21)12(4)23-17-20-19-16(24-17)22-10-11(2)3/h6-9,11-12H,5,10H2,1-4H3,(H,18,21)/t12-/m0/s1. The topological polar surface area (TPSA) is 54.9 Å². The Balaban J connectivity index is 1.86. The third-order valence-corrected chi connectivity index (χ3v) is 6.87. The van der Waals surface area contributed by atoms with Gasteiger partial charge in [-0.25, -0.2) is 0 Å². The van der Waals surface area contributed by atoms with Crippen molar-refractivity contribution in [2.24, 2.45) is 5.92 Å². The molecule has 1 amide bonds. The smallest absolute Gasteiger partial charge is 0.237 e. The summed E-state index contributed by atoms with van der Waals surface area (Å²) in [7, 11) is 0. The quantitative estimate of drug-likeness (QED) is 0.654. The molecule has 7 heteroatoms. The van der Waals surface area contributed by atoms with Gasteiger partial charge < -0.3 is 5.32 Å². The first kappa shape index (κ1) is 19.3. The lowest BCUT2D eigenvalue weighted by molar-refractivity contribution is -0.115. The number of hydrogen-bond acceptors (Lipinski definition) is 6. The number of hydrogen-bond donors (Lipinski definition) is 1. The van der Waals surface area contributed by atoms with E-state index in [0.717, 1.165) is 26.5 Å². The van der Waals surface area contributed by atoms with Crippen molar-refractivity contribution >= 4 is 46.5 Å². The molecule has 24 heavy (non-hydrogen) atoms. The predicted molar refractivity (Wildman–Crippen MR) is 105 cm³/mol. The average molecular weight is 382 g/mol. The second-order valence-corrected chi connectivity index (χ2v) is 9.67. The molecule has 0 radical (unpaired) electrons. The van der Waals surface area contributed by atoms with Crippen molar-refractivity contribution in [1.29, 1.82) is 0 Å². The maximum Gasteiger partial charge on any atom is 0.237 e. The molecule has 0 bridgehead atoms. The highest BCUT2D eigenvalue weighted by Gasteiger charge is 2.17. The number of rotatable bonds is 8. The molecule has 0 unspecified atom stereocenters. The number of benzene rings is 1. The van der Waals surface area contributed by atoms with Gasteiger partial charge >= 0.3 is 0 Å². The minimum Gasteiger partial charge on any atom is -0.325 e. The Kier molecular flexibility index (Phi) is 7.58. The number of amides is 1. The van der Waals surface area contributed by atoms with Crippen LogP contribution in [0.25, 0.3) is 0 Å². The van der Waals surface area contributed by atoms with Gasteiger partial charge in [0.15, 0.2) is 8.68 Å². The van der Waals surface area contributed by atoms with E-state index in [0.29, 0.717) is 5.92 Å². The molecule has 1 aromatic heterocycles. The lowest BCUT2D eigenvalue weighted by Crippen LogP contribution is -2.22. The average Bonchev–Trinajstić information content (AvgIpc) is 3.01. The van der Waals surface area contributed by atoms with Crippen molar-refractivity contribution in [2.45, 2.75) is 48.0 Å². The van der Waals surface area contributed by atoms with Gasteiger partial charge in [-0.15, -0.1) is 10.2 Å². The van der Waals surface area contributed by atoms with Crippen LogP contribution in [0, 0.1) is 5.92 Å². The van der Waals surface area contributed by atoms with Crippen LogP contribution in [0.5, 0.6) is 0 Å². The summed E-state index contributed by atoms with van der Waals surface area (Å²) in [6.45, 7) is 8.37. The van der Waals surface area contributed by atoms with Crippen LogP contribution in [0.3, 0.4) is 0 Å². The van der Waals surface area contributed by atoms with Crippen LogP contribution in [-0.4, -0.2) is 27.1 Å². The van der Waals surface area contributed by atoms with Crippen LogP contribution in [-0.2, 0) is 11.2 Å². The number of nitrogens with one attached hydrogen (secondary N) is 1. The minimum absolute atomic E-state index is 0.0177. The number of anilines is 1. The Morgan fingerprint density at radius 2 is 1.83 bits per heavy atom. The molecule has 1 heterocycles. The first-order valence-corrected chi connectivity index (χ1v) is 10.7. The fourth-order valence-corrected chi connectivity index (χ4v) is 4.95. The van der Waals surface area contributed by atoms with Crippen LogP contribution < -0.4 is 5.32 Å². The van der Waals surface area contributed by atoms with E-state index in [1.807, 2.05) is 31.2 Å². The SMILES string of the molecule is CCc1ccc(NC(=O)[C@H](C)Sc2nnc(SCC(C)C)s2)cc1. The second-order valence-electron chi connectivity index (χ2n) is 5.84. The van der Waals surface area contributed by atoms with Gasteiger partial charge in [-0.05, 0) is 37.0 Å². The zero-order chi connectivity index (χ0) is 17.5. The number of carbonyl (C=O) groups excluding carboxylic acids is 1. The third-order valence-electron chi connectivity index (χ3n) is 3.20. The van der Waals surface area contributed by atoms with E-state index >= 15 is 0 Å². The van der Waals surface area contributed by atoms with E-state index < -0.39 is 0 Å². The number of aryl methyl sites for hydroxylation is 1. The maximum atomic E-state index is 12.3. The van der Waals surface area contributed by atoms with E-state index in [9.17, 15) is 4.79 Å². The predicted octanol–water partition coefficient (Wildman–Crippen LogP) is 4.97. The Morgan fingerprint density at radius 1 is 1.17 bits per heavy atom. The Bertz CT molecular complexity index is 655. The third kappa shape index (κ3) is 6.11. The summed E-state index contributed by atoms with van der Waals surface area (Å²) in [5.41, 5.74) is 2.09. The molecule has 2 aromatic rings. The fourth-order valence-electron chi connectivity index (χ4n) is 1.81. The van der Waals surface area contributed by atoms with Gasteiger partial charge in [0.2, 0.25) is 5.91 Å². The molecule has 1 atom stereocenters. The summed E-state index contributed by atoms with van der Waals surface area (Å²) >= 11 is 4.73. The van der Waals surface area contributed by atoms with Gasteiger partial charge in [0.1, 0.15) is 0 Å². The summed E-state index contributed by atoms with van der Waals surface area (Å²) in [6.07, 6.45) is 0.995. The lowest BCUT2D eigenvalue weighted by Gasteiger charge is -2.10. The second kappa shape index (κ2) is 9.44. The summed E-state index contributed by atoms with van der Waals surface area (Å²) in [6, 6.07) is 7.96. The minimum atomic E-state index is -0.216. The van der Waals surface area contributed by atoms with Gasteiger partial charge in [-0.1, -0.05) is 67.8 Å². The first-order chi connectivity index (χ1) is 11.5. The molecule has 130 valence electrons. The Hall–Kier alpha value is -1.05. The van der Waals surface area contributed by atoms with Gasteiger partial charge in [0, 0.05) is 11.4 Å². The molecule has 4 nitrogen and oxygen atoms in total. The van der Waals surface area contributed by atoms with Crippen molar-refractivity contribution in [3.05, 3.63) is 29.8 Å². The maximum absolute atomic E-state index is 12.3. The first-order valence-electron chi connectivity index (χ1n) is 8.00. The highest BCUT2D eigenvalue weighted by atomic mass is 32.2. The van der Waals surface area contributed by atoms with E-state index in [2.05, 4.69) is 36.3 Å². The molecule has 0 spiro atoms. The molecular weight excluding hydrogens is 358 g/mol. The number of carbonyl (C=O) groups is 1. The zero-order valence-electron chi connectivity index (χ0n) is 14.4. The van der Waals surface area contributed by atoms with Gasteiger partial charge in [-0.3, -0.25) is 4.79 Å². The van der Waals surface area contributed by atoms with Crippen LogP contribution in [0.4, 0.5) is 5.69 Å². The fraction of sp³-hybridized carbons (Fsp3) is 0.471. The lowest BCUT2D eigenvalue weighted by atomic mass is 10.1. The number of nitrogens with zero attached hydrogens (tertiary/aromatic N) is 2. The van der Waals surface area contributed by atoms with Crippen molar-refractivity contribution in [3.63, 3.8) is 0 Å². The van der Waals surface area contributed by atoms with Crippen molar-refractivity contribution in [2.75, 3.05) is 11.1 Å². The summed E-state index contributed by atoms with van der Waals surface area (Å²) in [5, 5.41) is 11.1. The normalized spacial score (nSPS) is 12.4. The van der Waals surface area contributed by atoms with E-state index in [4.69, 9.17) is 0 Å². The molecule has 1 aromatic carbocycles. The van der Waals surface area contributed by atoms with Crippen molar-refractivity contribution < 1.29 is 4.79 Å². The molecule has 0 saturated carbocycles. The molecule has 0 aliphatic carbocycles. The molecular formula is C17H23N3OS3. The van der Waals surface area contributed by atoms with Crippen molar-refractivity contribution in [1.82, 2.24) is 10.2 Å². The van der Waals surface area contributed by atoms with Gasteiger partial charge in [0.05, 0.1) is 5.25 Å².